The number of nitrogens with zero attached hydrogens (tertiary/aromatic N) is 5. The Kier molecular flexibility index (Phi) is 31.4. The van der Waals surface area contributed by atoms with Crippen LogP contribution in [0.2, 0.25) is 0 Å². The van der Waals surface area contributed by atoms with Gasteiger partial charge in [0, 0.05) is 53.5 Å². The molecule has 0 saturated heterocycles. The molecule has 0 radical (unpaired) electrons. The van der Waals surface area contributed by atoms with Crippen LogP contribution in [0.3, 0.4) is 0 Å². The number of methoxy groups -OCH3 is 1. The van der Waals surface area contributed by atoms with Crippen molar-refractivity contribution in [1.29, 1.82) is 26.3 Å². The lowest BCUT2D eigenvalue weighted by molar-refractivity contribution is -0.120. The Hall–Kier alpha value is -16.9. The first-order valence-electron chi connectivity index (χ1n) is 47.6. The number of aryl methyl sites for hydroxylation is 3. The molecule has 14 aromatic carbocycles. The van der Waals surface area contributed by atoms with Crippen LogP contribution in [0, 0.1) is 77.4 Å². The molecule has 6 atom stereocenters. The molecule has 0 aromatic heterocycles. The molecule has 6 aliphatic rings. The maximum absolute atomic E-state index is 13.0. The van der Waals surface area contributed by atoms with E-state index in [1.54, 1.807) is 13.2 Å². The van der Waals surface area contributed by atoms with Crippen molar-refractivity contribution < 1.29 is 33.5 Å². The Bertz CT molecular complexity index is 7610. The average Bonchev–Trinajstić information content (AvgIpc) is 0.759. The van der Waals surface area contributed by atoms with Gasteiger partial charge in [-0.05, 0) is 227 Å². The van der Waals surface area contributed by atoms with Crippen molar-refractivity contribution in [2.45, 2.75) is 134 Å². The van der Waals surface area contributed by atoms with E-state index in [-0.39, 0.29) is 68.8 Å². The van der Waals surface area contributed by atoms with E-state index in [4.69, 9.17) is 4.74 Å². The molecule has 6 unspecified atom stereocenters. The predicted molar refractivity (Wildman–Crippen MR) is 580 cm³/mol. The van der Waals surface area contributed by atoms with Crippen LogP contribution in [0.15, 0.2) is 395 Å². The Morgan fingerprint density at radius 1 is 0.269 bits per heavy atom. The van der Waals surface area contributed by atoms with Gasteiger partial charge in [0.25, 0.3) is 29.5 Å². The monoisotopic (exact) mass is 2030 g/mol. The van der Waals surface area contributed by atoms with Crippen molar-refractivity contribution in [2.75, 3.05) is 7.11 Å². The van der Waals surface area contributed by atoms with Gasteiger partial charge in [-0.25, -0.2) is 0 Å². The fourth-order valence-corrected chi connectivity index (χ4v) is 20.0. The van der Waals surface area contributed by atoms with Gasteiger partial charge in [-0.3, -0.25) is 28.8 Å². The number of ether oxygens (including phenoxy) is 1. The summed E-state index contributed by atoms with van der Waals surface area (Å²) in [6, 6.07) is 126. The molecule has 0 bridgehead atoms. The zero-order valence-electron chi connectivity index (χ0n) is 82.2. The number of carbonyl (C=O) groups is 6. The van der Waals surface area contributed by atoms with E-state index in [1.165, 1.54) is 5.56 Å². The van der Waals surface area contributed by atoms with Gasteiger partial charge in [0.05, 0.1) is 40.3 Å². The number of halogens is 2. The van der Waals surface area contributed by atoms with Gasteiger partial charge in [0.15, 0.2) is 0 Å². The lowest BCUT2D eigenvalue weighted by Crippen LogP contribution is -2.47. The van der Waals surface area contributed by atoms with E-state index in [1.807, 2.05) is 341 Å². The fourth-order valence-electron chi connectivity index (χ4n) is 19.4. The summed E-state index contributed by atoms with van der Waals surface area (Å²) in [6.07, 6.45) is 5.35. The van der Waals surface area contributed by atoms with E-state index in [0.29, 0.717) is 32.1 Å². The largest absolute Gasteiger partial charge is 0.497 e. The van der Waals surface area contributed by atoms with Gasteiger partial charge in [0.2, 0.25) is 5.91 Å². The number of benzene rings is 14. The molecule has 6 N–H and O–H groups in total. The van der Waals surface area contributed by atoms with Gasteiger partial charge < -0.3 is 36.6 Å². The van der Waals surface area contributed by atoms with Crippen LogP contribution in [-0.2, 0) is 62.0 Å². The van der Waals surface area contributed by atoms with E-state index < -0.39 is 27.7 Å². The van der Waals surface area contributed by atoms with Crippen molar-refractivity contribution in [1.82, 2.24) is 31.9 Å². The van der Waals surface area contributed by atoms with Crippen LogP contribution in [0.5, 0.6) is 5.75 Å². The minimum Gasteiger partial charge on any atom is -0.497 e. The summed E-state index contributed by atoms with van der Waals surface area (Å²) in [7, 11) is 1.61. The van der Waals surface area contributed by atoms with Gasteiger partial charge in [-0.15, -0.1) is 0 Å². The van der Waals surface area contributed by atoms with Crippen LogP contribution >= 0.6 is 31.9 Å². The minimum atomic E-state index is -0.603. The Morgan fingerprint density at radius 3 is 0.952 bits per heavy atom. The summed E-state index contributed by atoms with van der Waals surface area (Å²) in [5, 5.41) is 70.2. The second-order valence-electron chi connectivity index (χ2n) is 38.2. The molecule has 20 rings (SSSR count). The highest BCUT2D eigenvalue weighted by Gasteiger charge is 2.44. The van der Waals surface area contributed by atoms with E-state index >= 15 is 0 Å². The van der Waals surface area contributed by atoms with E-state index in [0.717, 1.165) is 154 Å². The predicted octanol–water partition coefficient (Wildman–Crippen LogP) is 25.3. The van der Waals surface area contributed by atoms with Crippen LogP contribution in [0.25, 0.3) is 55.0 Å². The topological polar surface area (TPSA) is 303 Å². The third-order valence-corrected chi connectivity index (χ3v) is 28.6. The van der Waals surface area contributed by atoms with Gasteiger partial charge >= 0.3 is 0 Å². The molecule has 145 heavy (non-hydrogen) atoms. The maximum Gasteiger partial charge on any atom is 0.262 e. The molecule has 14 aromatic rings. The number of amides is 6. The molecule has 6 amide bonds. The highest BCUT2D eigenvalue weighted by atomic mass is 79.9. The molecular formula is C125H107Br2N11O7. The highest BCUT2D eigenvalue weighted by Crippen LogP contribution is 2.47. The summed E-state index contributed by atoms with van der Waals surface area (Å²) in [5.74, 6) is -0.871. The third kappa shape index (κ3) is 23.3. The summed E-state index contributed by atoms with van der Waals surface area (Å²) >= 11 is 6.85. The molecule has 6 aliphatic heterocycles. The van der Waals surface area contributed by atoms with Crippen molar-refractivity contribution >= 4 is 122 Å². The minimum absolute atomic E-state index is 0.0264. The normalized spacial score (nSPS) is 20.4. The molecular weight excluding hydrogens is 1930 g/mol. The van der Waals surface area contributed by atoms with Crippen molar-refractivity contribution in [2.24, 2.45) is 0 Å². The summed E-state index contributed by atoms with van der Waals surface area (Å²) in [6.45, 7) is 18.2. The molecule has 18 nitrogen and oxygen atoms in total. The van der Waals surface area contributed by atoms with Gasteiger partial charge in [-0.1, -0.05) is 358 Å². The van der Waals surface area contributed by atoms with E-state index in [9.17, 15) is 55.1 Å². The number of nitrogens with one attached hydrogen (secondary N) is 6. The third-order valence-electron chi connectivity index (χ3n) is 27.5. The fraction of sp³-hybridized carbons (Fsp3) is 0.176. The van der Waals surface area contributed by atoms with Crippen LogP contribution in [0.1, 0.15) is 164 Å². The zero-order valence-corrected chi connectivity index (χ0v) is 85.3. The Balaban J connectivity index is 0.000000131. The first-order chi connectivity index (χ1) is 69.7. The number of hydrogen-bond acceptors (Lipinski definition) is 12. The number of carbonyl (C=O) groups excluding carboxylic acids is 6. The molecule has 0 fully saturated rings. The van der Waals surface area contributed by atoms with Crippen LogP contribution < -0.4 is 36.6 Å². The summed E-state index contributed by atoms with van der Waals surface area (Å²) in [4.78, 5) is 75.1. The zero-order chi connectivity index (χ0) is 103. The Morgan fingerprint density at radius 2 is 0.552 bits per heavy atom. The second kappa shape index (κ2) is 44.5. The maximum atomic E-state index is 13.0. The number of rotatable bonds is 13. The molecule has 6 heterocycles. The van der Waals surface area contributed by atoms with Crippen LogP contribution in [-0.4, -0.2) is 42.6 Å². The van der Waals surface area contributed by atoms with Crippen LogP contribution in [0.4, 0.5) is 0 Å². The number of hydrogen-bond donors (Lipinski definition) is 6. The quantitative estimate of drug-likeness (QED) is 0.0628. The standard InChI is InChI=1S/C27H20N2O.C21H20N2O2.C21H20N2O.C19H14Br2N2O.C19H16N2O.C18H17NO/c1-27(21-14-13-18-7-2-3-9-20(18)15-21)16-24(25(17-28)26(30)29-27)23-12-6-10-19-8-4-5-11-22(19)23;1-14-4-8-16(9-5-14)21(2)12-18(19(13-22)20(24)23-21)15-6-10-17(25-3)11-7-15;1-14-4-8-16(9-5-14)18-12-21(3,23-20(24)19(18)13-22)17-10-6-15(2)7-11-17;1-19(13-4-8-15(21)9-5-13)10-16(17(11-22)18(24)23-19)12-2-6-14(20)7-3-12;1-19(15-10-6-3-7-11-15)12-16(14-8-4-2-5-9-14)17(13-20)18(22)21-19;1-18(16-10-6-3-7-11-16)13-15(12-17(20)19-18)14-8-4-2-5-9-14/h2-15H,16H2,1H3,(H,29,30);4-11H,12H2,1-3H3,(H,23,24);4-11H,12H2,1-3H3,(H,23,24);2-9H,10H2,1H3,(H,23,24);2-11H,12H2,1H3,(H,21,22);2-12H,13H2,1H3,(H,19,20). The first kappa shape index (κ1) is 102. The smallest absolute Gasteiger partial charge is 0.262 e. The number of fused-ring (bicyclic) bond motifs is 2. The second-order valence-corrected chi connectivity index (χ2v) is 40.0. The molecule has 0 spiro atoms. The van der Waals surface area contributed by atoms with Crippen molar-refractivity contribution in [3.63, 3.8) is 0 Å². The summed E-state index contributed by atoms with van der Waals surface area (Å²) < 4.78 is 7.14. The highest BCUT2D eigenvalue weighted by molar-refractivity contribution is 9.10. The van der Waals surface area contributed by atoms with Gasteiger partial charge in [-0.2, -0.15) is 26.3 Å². The molecule has 0 aliphatic carbocycles. The molecule has 20 heteroatoms. The number of nitriles is 5. The molecule has 0 saturated carbocycles. The van der Waals surface area contributed by atoms with Crippen molar-refractivity contribution in [3.05, 3.63) is 478 Å². The molecule has 718 valence electrons. The SMILES string of the molecule is CC1(c2ccc(Br)cc2)CC(c2ccc(Br)cc2)=C(C#N)C(=O)N1.CC1(c2ccc3ccccc3c2)CC(c2cccc3ccccc23)=C(C#N)C(=O)N1.CC1(c2ccccc2)CC(c2ccccc2)=C(C#N)C(=O)N1.CC1(c2ccccc2)CC(c2ccccc2)=CC(=O)N1.COc1ccc(C2=C(C#N)C(=O)NC(C)(c3ccc(C)cc3)C2)cc1.Cc1ccc(C2=C(C#N)C(=O)NC(C)(c3ccc(C)cc3)C2)cc1. The lowest BCUT2D eigenvalue weighted by atomic mass is 9.77. The summed E-state index contributed by atoms with van der Waals surface area (Å²) in [5.41, 5.74) is 18.4. The lowest BCUT2D eigenvalue weighted by Gasteiger charge is -2.37. The Labute approximate surface area is 863 Å². The first-order valence-corrected chi connectivity index (χ1v) is 49.2. The van der Waals surface area contributed by atoms with E-state index in [2.05, 4.69) is 168 Å². The van der Waals surface area contributed by atoms with Crippen molar-refractivity contribution in [3.8, 4) is 36.1 Å². The average molecular weight is 2040 g/mol. The van der Waals surface area contributed by atoms with Gasteiger partial charge in [0.1, 0.15) is 64.0 Å².